The summed E-state index contributed by atoms with van der Waals surface area (Å²) in [6, 6.07) is 18.7. The Bertz CT molecular complexity index is 817. The molecule has 0 bridgehead atoms. The SMILES string of the molecule is CN=C(NCCS(=O)c1ccccc1)NC1CCN(Cc2ccccc2C)CC1. The number of benzene rings is 2. The fourth-order valence-corrected chi connectivity index (χ4v) is 4.59. The zero-order valence-corrected chi connectivity index (χ0v) is 18.3. The van der Waals surface area contributed by atoms with Crippen molar-refractivity contribution in [3.05, 3.63) is 65.7 Å². The number of guanidine groups is 1. The van der Waals surface area contributed by atoms with Crippen LogP contribution in [0.5, 0.6) is 0 Å². The molecule has 2 aromatic rings. The van der Waals surface area contributed by atoms with E-state index < -0.39 is 10.8 Å². The Morgan fingerprint density at radius 3 is 2.48 bits per heavy atom. The highest BCUT2D eigenvalue weighted by Gasteiger charge is 2.20. The molecule has 0 spiro atoms. The third-order valence-corrected chi connectivity index (χ3v) is 6.77. The number of hydrogen-bond donors (Lipinski definition) is 2. The van der Waals surface area contributed by atoms with Crippen LogP contribution in [-0.4, -0.2) is 53.5 Å². The first-order valence-electron chi connectivity index (χ1n) is 10.3. The highest BCUT2D eigenvalue weighted by molar-refractivity contribution is 7.85. The number of aliphatic imine (C=N–C) groups is 1. The van der Waals surface area contributed by atoms with Crippen LogP contribution < -0.4 is 10.6 Å². The van der Waals surface area contributed by atoms with E-state index in [-0.39, 0.29) is 0 Å². The topological polar surface area (TPSA) is 56.7 Å². The smallest absolute Gasteiger partial charge is 0.191 e. The summed E-state index contributed by atoms with van der Waals surface area (Å²) in [6.45, 7) is 6.01. The zero-order valence-electron chi connectivity index (χ0n) is 17.4. The average Bonchev–Trinajstić information content (AvgIpc) is 2.76. The zero-order chi connectivity index (χ0) is 20.5. The van der Waals surface area contributed by atoms with Crippen molar-refractivity contribution in [2.45, 2.75) is 37.2 Å². The van der Waals surface area contributed by atoms with E-state index >= 15 is 0 Å². The summed E-state index contributed by atoms with van der Waals surface area (Å²) >= 11 is 0. The van der Waals surface area contributed by atoms with Gasteiger partial charge in [0.25, 0.3) is 0 Å². The Morgan fingerprint density at radius 2 is 1.79 bits per heavy atom. The van der Waals surface area contributed by atoms with Crippen molar-refractivity contribution < 1.29 is 4.21 Å². The number of rotatable bonds is 7. The Balaban J connectivity index is 1.38. The molecule has 0 aliphatic carbocycles. The fourth-order valence-electron chi connectivity index (χ4n) is 3.60. The van der Waals surface area contributed by atoms with E-state index in [0.29, 0.717) is 18.3 Å². The van der Waals surface area contributed by atoms with Crippen LogP contribution >= 0.6 is 0 Å². The summed E-state index contributed by atoms with van der Waals surface area (Å²) in [5.74, 6) is 1.37. The second-order valence-electron chi connectivity index (χ2n) is 7.48. The maximum Gasteiger partial charge on any atom is 0.191 e. The lowest BCUT2D eigenvalue weighted by Gasteiger charge is -2.33. The van der Waals surface area contributed by atoms with Crippen LogP contribution in [0, 0.1) is 6.92 Å². The molecule has 1 atom stereocenters. The van der Waals surface area contributed by atoms with Crippen molar-refractivity contribution in [2.24, 2.45) is 4.99 Å². The molecule has 2 N–H and O–H groups in total. The van der Waals surface area contributed by atoms with E-state index in [4.69, 9.17) is 0 Å². The Hall–Kier alpha value is -2.18. The minimum atomic E-state index is -0.987. The van der Waals surface area contributed by atoms with Crippen LogP contribution in [0.15, 0.2) is 64.5 Å². The van der Waals surface area contributed by atoms with Gasteiger partial charge in [0.15, 0.2) is 5.96 Å². The van der Waals surface area contributed by atoms with Gasteiger partial charge in [-0.2, -0.15) is 0 Å². The van der Waals surface area contributed by atoms with Gasteiger partial charge in [0.05, 0.1) is 10.8 Å². The maximum absolute atomic E-state index is 12.3. The van der Waals surface area contributed by atoms with Gasteiger partial charge in [0.2, 0.25) is 0 Å². The summed E-state index contributed by atoms with van der Waals surface area (Å²) in [5, 5.41) is 6.84. The van der Waals surface area contributed by atoms with E-state index in [2.05, 4.69) is 51.7 Å². The first kappa shape index (κ1) is 21.5. The molecular weight excluding hydrogens is 380 g/mol. The Morgan fingerprint density at radius 1 is 1.10 bits per heavy atom. The predicted octanol–water partition coefficient (Wildman–Crippen LogP) is 2.93. The van der Waals surface area contributed by atoms with E-state index in [1.165, 1.54) is 11.1 Å². The molecule has 29 heavy (non-hydrogen) atoms. The number of hydrogen-bond acceptors (Lipinski definition) is 3. The standard InChI is InChI=1S/C23H32N4OS/c1-19-8-6-7-9-20(19)18-27-15-12-21(13-16-27)26-23(24-2)25-14-17-29(28)22-10-4-3-5-11-22/h3-11,21H,12-18H2,1-2H3,(H2,24,25,26). The van der Waals surface area contributed by atoms with E-state index in [1.54, 1.807) is 7.05 Å². The van der Waals surface area contributed by atoms with E-state index in [1.807, 2.05) is 30.3 Å². The van der Waals surface area contributed by atoms with Gasteiger partial charge < -0.3 is 10.6 Å². The summed E-state index contributed by atoms with van der Waals surface area (Å²) < 4.78 is 12.3. The minimum absolute atomic E-state index is 0.425. The van der Waals surface area contributed by atoms with Gasteiger partial charge in [-0.3, -0.25) is 14.1 Å². The molecule has 5 nitrogen and oxygen atoms in total. The van der Waals surface area contributed by atoms with Crippen LogP contribution in [0.25, 0.3) is 0 Å². The summed E-state index contributed by atoms with van der Waals surface area (Å²) in [7, 11) is 0.802. The average molecular weight is 413 g/mol. The fraction of sp³-hybridized carbons (Fsp3) is 0.435. The van der Waals surface area contributed by atoms with E-state index in [0.717, 1.165) is 43.3 Å². The van der Waals surface area contributed by atoms with E-state index in [9.17, 15) is 4.21 Å². The number of nitrogens with zero attached hydrogens (tertiary/aromatic N) is 2. The van der Waals surface area contributed by atoms with Gasteiger partial charge in [0, 0.05) is 49.9 Å². The van der Waals surface area contributed by atoms with Gasteiger partial charge in [-0.05, 0) is 43.0 Å². The van der Waals surface area contributed by atoms with Crippen molar-refractivity contribution in [3.8, 4) is 0 Å². The molecule has 3 rings (SSSR count). The normalized spacial score (nSPS) is 17.1. The molecule has 1 aliphatic rings. The monoisotopic (exact) mass is 412 g/mol. The van der Waals surface area contributed by atoms with Crippen molar-refractivity contribution in [1.82, 2.24) is 15.5 Å². The highest BCUT2D eigenvalue weighted by Crippen LogP contribution is 2.16. The molecule has 1 unspecified atom stereocenters. The van der Waals surface area contributed by atoms with Crippen LogP contribution in [0.3, 0.4) is 0 Å². The number of likely N-dealkylation sites (tertiary alicyclic amines) is 1. The van der Waals surface area contributed by atoms with Gasteiger partial charge in [-0.25, -0.2) is 0 Å². The molecule has 156 valence electrons. The minimum Gasteiger partial charge on any atom is -0.355 e. The lowest BCUT2D eigenvalue weighted by atomic mass is 10.0. The lowest BCUT2D eigenvalue weighted by molar-refractivity contribution is 0.198. The summed E-state index contributed by atoms with van der Waals surface area (Å²) in [4.78, 5) is 7.73. The largest absolute Gasteiger partial charge is 0.355 e. The molecule has 2 aromatic carbocycles. The molecule has 1 fully saturated rings. The number of aryl methyl sites for hydroxylation is 1. The lowest BCUT2D eigenvalue weighted by Crippen LogP contribution is -2.49. The van der Waals surface area contributed by atoms with Gasteiger partial charge >= 0.3 is 0 Å². The van der Waals surface area contributed by atoms with Crippen molar-refractivity contribution >= 4 is 16.8 Å². The number of nitrogens with one attached hydrogen (secondary N) is 2. The van der Waals surface area contributed by atoms with Crippen molar-refractivity contribution in [2.75, 3.05) is 32.4 Å². The van der Waals surface area contributed by atoms with Gasteiger partial charge in [-0.1, -0.05) is 42.5 Å². The molecular formula is C23H32N4OS. The van der Waals surface area contributed by atoms with Crippen molar-refractivity contribution in [1.29, 1.82) is 0 Å². The second-order valence-corrected chi connectivity index (χ2v) is 9.05. The van der Waals surface area contributed by atoms with Crippen LogP contribution in [0.4, 0.5) is 0 Å². The van der Waals surface area contributed by atoms with Crippen molar-refractivity contribution in [3.63, 3.8) is 0 Å². The van der Waals surface area contributed by atoms with Crippen LogP contribution in [0.2, 0.25) is 0 Å². The third kappa shape index (κ3) is 6.68. The Labute approximate surface area is 177 Å². The van der Waals surface area contributed by atoms with Gasteiger partial charge in [0.1, 0.15) is 0 Å². The highest BCUT2D eigenvalue weighted by atomic mass is 32.2. The van der Waals surface area contributed by atoms with Crippen LogP contribution in [-0.2, 0) is 17.3 Å². The maximum atomic E-state index is 12.3. The first-order valence-corrected chi connectivity index (χ1v) is 11.6. The molecule has 0 saturated carbocycles. The molecule has 1 heterocycles. The quantitative estimate of drug-likeness (QED) is 0.542. The molecule has 6 heteroatoms. The summed E-state index contributed by atoms with van der Waals surface area (Å²) in [5.41, 5.74) is 2.79. The first-order chi connectivity index (χ1) is 14.2. The van der Waals surface area contributed by atoms with Gasteiger partial charge in [-0.15, -0.1) is 0 Å². The number of piperidine rings is 1. The van der Waals surface area contributed by atoms with Crippen LogP contribution in [0.1, 0.15) is 24.0 Å². The molecule has 1 aliphatic heterocycles. The molecule has 0 radical (unpaired) electrons. The molecule has 1 saturated heterocycles. The summed E-state index contributed by atoms with van der Waals surface area (Å²) in [6.07, 6.45) is 2.20. The molecule has 0 amide bonds. The molecule has 0 aromatic heterocycles. The Kier molecular flexibility index (Phi) is 8.25. The second kappa shape index (κ2) is 11.1. The predicted molar refractivity (Wildman–Crippen MR) is 122 cm³/mol. The third-order valence-electron chi connectivity index (χ3n) is 5.39.